The van der Waals surface area contributed by atoms with Crippen molar-refractivity contribution in [1.82, 2.24) is 5.32 Å². The van der Waals surface area contributed by atoms with Crippen LogP contribution < -0.4 is 5.32 Å². The molecule has 0 aromatic rings. The molecule has 1 fully saturated rings. The van der Waals surface area contributed by atoms with E-state index in [1.807, 2.05) is 0 Å². The van der Waals surface area contributed by atoms with Crippen molar-refractivity contribution in [3.05, 3.63) is 0 Å². The Morgan fingerprint density at radius 3 is 2.37 bits per heavy atom. The lowest BCUT2D eigenvalue weighted by Crippen LogP contribution is -2.41. The minimum Gasteiger partial charge on any atom is -0.340 e. The van der Waals surface area contributed by atoms with Crippen LogP contribution in [-0.2, 0) is 4.79 Å². The molecule has 0 saturated heterocycles. The number of hydrogen-bond donors (Lipinski definition) is 1. The second kappa shape index (κ2) is 6.93. The van der Waals surface area contributed by atoms with Gasteiger partial charge in [0.2, 0.25) is 5.91 Å². The van der Waals surface area contributed by atoms with Gasteiger partial charge in [0.1, 0.15) is 6.04 Å². The predicted molar refractivity (Wildman–Crippen MR) is 77.4 cm³/mol. The number of rotatable bonds is 4. The fourth-order valence-corrected chi connectivity index (χ4v) is 2.54. The van der Waals surface area contributed by atoms with Crippen LogP contribution in [-0.4, -0.2) is 11.9 Å². The summed E-state index contributed by atoms with van der Waals surface area (Å²) in [6.45, 7) is 8.54. The summed E-state index contributed by atoms with van der Waals surface area (Å²) in [6.07, 6.45) is 6.31. The van der Waals surface area contributed by atoms with E-state index in [2.05, 4.69) is 39.1 Å². The van der Waals surface area contributed by atoms with Crippen LogP contribution in [0.2, 0.25) is 0 Å². The Labute approximate surface area is 117 Å². The molecule has 3 nitrogen and oxygen atoms in total. The molecule has 0 aromatic heterocycles. The summed E-state index contributed by atoms with van der Waals surface area (Å²) < 4.78 is 0. The maximum absolute atomic E-state index is 12.0. The molecule has 1 rings (SSSR count). The number of nitriles is 1. The van der Waals surface area contributed by atoms with Crippen LogP contribution in [0.4, 0.5) is 0 Å². The van der Waals surface area contributed by atoms with Crippen molar-refractivity contribution in [2.45, 2.75) is 72.3 Å². The van der Waals surface area contributed by atoms with Gasteiger partial charge in [0.25, 0.3) is 0 Å². The van der Waals surface area contributed by atoms with Gasteiger partial charge in [-0.05, 0) is 30.1 Å². The van der Waals surface area contributed by atoms with E-state index in [1.165, 1.54) is 19.3 Å². The number of hydrogen-bond acceptors (Lipinski definition) is 2. The zero-order valence-electron chi connectivity index (χ0n) is 12.8. The van der Waals surface area contributed by atoms with Gasteiger partial charge in [-0.3, -0.25) is 4.79 Å². The van der Waals surface area contributed by atoms with Gasteiger partial charge in [-0.15, -0.1) is 0 Å². The molecular weight excluding hydrogens is 236 g/mol. The first kappa shape index (κ1) is 16.0. The smallest absolute Gasteiger partial charge is 0.221 e. The van der Waals surface area contributed by atoms with Crippen LogP contribution in [0.1, 0.15) is 66.2 Å². The van der Waals surface area contributed by atoms with Crippen molar-refractivity contribution in [2.24, 2.45) is 17.3 Å². The number of nitrogens with one attached hydrogen (secondary N) is 1. The topological polar surface area (TPSA) is 52.9 Å². The van der Waals surface area contributed by atoms with Crippen molar-refractivity contribution < 1.29 is 4.79 Å². The summed E-state index contributed by atoms with van der Waals surface area (Å²) in [5, 5.41) is 12.2. The fourth-order valence-electron chi connectivity index (χ4n) is 2.54. The largest absolute Gasteiger partial charge is 0.340 e. The molecule has 1 amide bonds. The molecule has 0 aromatic carbocycles. The lowest BCUT2D eigenvalue weighted by Gasteiger charge is -2.29. The normalized spacial score (nSPS) is 20.4. The van der Waals surface area contributed by atoms with Gasteiger partial charge in [-0.1, -0.05) is 47.0 Å². The molecule has 0 aliphatic heterocycles. The van der Waals surface area contributed by atoms with Crippen molar-refractivity contribution in [3.63, 3.8) is 0 Å². The van der Waals surface area contributed by atoms with E-state index in [4.69, 9.17) is 0 Å². The Morgan fingerprint density at radius 1 is 1.32 bits per heavy atom. The first-order valence-corrected chi connectivity index (χ1v) is 7.53. The summed E-state index contributed by atoms with van der Waals surface area (Å²) >= 11 is 0. The van der Waals surface area contributed by atoms with Gasteiger partial charge in [-0.2, -0.15) is 5.26 Å². The minimum atomic E-state index is -0.292. The predicted octanol–water partition coefficient (Wildman–Crippen LogP) is 3.65. The van der Waals surface area contributed by atoms with Crippen LogP contribution in [0.15, 0.2) is 0 Å². The number of nitrogens with zero attached hydrogens (tertiary/aromatic N) is 1. The highest BCUT2D eigenvalue weighted by Gasteiger charge is 2.27. The monoisotopic (exact) mass is 264 g/mol. The molecule has 0 heterocycles. The van der Waals surface area contributed by atoms with Crippen LogP contribution in [0.25, 0.3) is 0 Å². The summed E-state index contributed by atoms with van der Waals surface area (Å²) in [5.74, 6) is 0.699. The van der Waals surface area contributed by atoms with E-state index in [1.54, 1.807) is 0 Å². The second-order valence-corrected chi connectivity index (χ2v) is 7.04. The standard InChI is InChI=1S/C16H28N2O/c1-12(16(2,3)4)10-15(19)18-14(11-17)13-8-6-5-7-9-13/h12-14H,5-10H2,1-4H3,(H,18,19). The SMILES string of the molecule is CC(CC(=O)NC(C#N)C1CCCCC1)C(C)(C)C. The molecular formula is C16H28N2O. The van der Waals surface area contributed by atoms with E-state index in [9.17, 15) is 10.1 Å². The number of carbonyl (C=O) groups excluding carboxylic acids is 1. The van der Waals surface area contributed by atoms with E-state index in [0.29, 0.717) is 18.3 Å². The third-order valence-electron chi connectivity index (χ3n) is 4.55. The van der Waals surface area contributed by atoms with Crippen molar-refractivity contribution >= 4 is 5.91 Å². The Kier molecular flexibility index (Phi) is 5.85. The molecule has 3 heteroatoms. The highest BCUT2D eigenvalue weighted by molar-refractivity contribution is 5.76. The zero-order chi connectivity index (χ0) is 14.5. The van der Waals surface area contributed by atoms with E-state index in [0.717, 1.165) is 12.8 Å². The van der Waals surface area contributed by atoms with E-state index >= 15 is 0 Å². The summed E-state index contributed by atoms with van der Waals surface area (Å²) in [5.41, 5.74) is 0.129. The maximum atomic E-state index is 12.0. The third-order valence-corrected chi connectivity index (χ3v) is 4.55. The molecule has 2 atom stereocenters. The van der Waals surface area contributed by atoms with Crippen LogP contribution >= 0.6 is 0 Å². The third kappa shape index (κ3) is 5.22. The molecule has 0 radical (unpaired) electrons. The zero-order valence-corrected chi connectivity index (χ0v) is 12.8. The average molecular weight is 264 g/mol. The number of carbonyl (C=O) groups is 1. The first-order valence-electron chi connectivity index (χ1n) is 7.53. The average Bonchev–Trinajstić information content (AvgIpc) is 2.35. The Morgan fingerprint density at radius 2 is 1.89 bits per heavy atom. The Balaban J connectivity index is 2.47. The minimum absolute atomic E-state index is 0.0274. The van der Waals surface area contributed by atoms with Gasteiger partial charge in [0.05, 0.1) is 6.07 Å². The fraction of sp³-hybridized carbons (Fsp3) is 0.875. The molecule has 108 valence electrons. The van der Waals surface area contributed by atoms with Crippen molar-refractivity contribution in [2.75, 3.05) is 0 Å². The molecule has 1 saturated carbocycles. The maximum Gasteiger partial charge on any atom is 0.221 e. The number of amides is 1. The van der Waals surface area contributed by atoms with Gasteiger partial charge < -0.3 is 5.32 Å². The molecule has 0 bridgehead atoms. The Bertz CT molecular complexity index is 332. The van der Waals surface area contributed by atoms with Gasteiger partial charge >= 0.3 is 0 Å². The molecule has 19 heavy (non-hydrogen) atoms. The van der Waals surface area contributed by atoms with Crippen molar-refractivity contribution in [1.29, 1.82) is 5.26 Å². The summed E-state index contributed by atoms with van der Waals surface area (Å²) in [7, 11) is 0. The van der Waals surface area contributed by atoms with Crippen molar-refractivity contribution in [3.8, 4) is 6.07 Å². The first-order chi connectivity index (χ1) is 8.84. The summed E-state index contributed by atoms with van der Waals surface area (Å²) in [6, 6.07) is 1.99. The van der Waals surface area contributed by atoms with Gasteiger partial charge in [0.15, 0.2) is 0 Å². The molecule has 0 spiro atoms. The van der Waals surface area contributed by atoms with E-state index < -0.39 is 0 Å². The summed E-state index contributed by atoms with van der Waals surface area (Å²) in [4.78, 5) is 12.0. The molecule has 1 N–H and O–H groups in total. The molecule has 1 aliphatic carbocycles. The highest BCUT2D eigenvalue weighted by atomic mass is 16.1. The van der Waals surface area contributed by atoms with Crippen LogP contribution in [0, 0.1) is 28.6 Å². The van der Waals surface area contributed by atoms with Gasteiger partial charge in [-0.25, -0.2) is 0 Å². The van der Waals surface area contributed by atoms with Crippen LogP contribution in [0.5, 0.6) is 0 Å². The highest BCUT2D eigenvalue weighted by Crippen LogP contribution is 2.29. The lowest BCUT2D eigenvalue weighted by atomic mass is 9.79. The molecule has 2 unspecified atom stereocenters. The quantitative estimate of drug-likeness (QED) is 0.842. The Hall–Kier alpha value is -1.04. The van der Waals surface area contributed by atoms with Crippen LogP contribution in [0.3, 0.4) is 0 Å². The van der Waals surface area contributed by atoms with E-state index in [-0.39, 0.29) is 17.4 Å². The van der Waals surface area contributed by atoms with Gasteiger partial charge in [0, 0.05) is 6.42 Å². The lowest BCUT2D eigenvalue weighted by molar-refractivity contribution is -0.123. The second-order valence-electron chi connectivity index (χ2n) is 7.04. The molecule has 1 aliphatic rings.